The Balaban J connectivity index is 3.02. The van der Waals surface area contributed by atoms with Crippen molar-refractivity contribution in [2.24, 2.45) is 5.92 Å². The fraction of sp³-hybridized carbons (Fsp3) is 0.632. The zero-order chi connectivity index (χ0) is 19.7. The summed E-state index contributed by atoms with van der Waals surface area (Å²) < 4.78 is 30.3. The van der Waals surface area contributed by atoms with Crippen LogP contribution in [0.1, 0.15) is 49.8 Å². The minimum atomic E-state index is -1.96. The number of benzene rings is 1. The second-order valence-electron chi connectivity index (χ2n) is 5.84. The third-order valence-corrected chi connectivity index (χ3v) is 3.65. The minimum absolute atomic E-state index is 0.0105. The predicted octanol–water partition coefficient (Wildman–Crippen LogP) is 3.25. The molecule has 1 N–H and O–H groups in total. The molecular formula is C19H32N2O2. The molecule has 0 saturated heterocycles. The highest BCUT2D eigenvalue weighted by Gasteiger charge is 2.21. The molecule has 1 aromatic carbocycles. The molecule has 0 fully saturated rings. The number of nitrogens with zero attached hydrogens (tertiary/aromatic N) is 1. The fourth-order valence-corrected chi connectivity index (χ4v) is 2.10. The summed E-state index contributed by atoms with van der Waals surface area (Å²) in [5.41, 5.74) is 0.0362. The zero-order valence-corrected chi connectivity index (χ0v) is 14.8. The summed E-state index contributed by atoms with van der Waals surface area (Å²) >= 11 is 0. The maximum Gasteiger partial charge on any atom is 0.327 e. The van der Waals surface area contributed by atoms with Crippen LogP contribution in [0, 0.1) is 5.92 Å². The van der Waals surface area contributed by atoms with Crippen LogP contribution in [0.25, 0.3) is 0 Å². The molecule has 1 unspecified atom stereocenters. The molecule has 0 bridgehead atoms. The summed E-state index contributed by atoms with van der Waals surface area (Å²) in [6.07, 6.45) is 0.706. The maximum absolute atomic E-state index is 12.7. The molecule has 23 heavy (non-hydrogen) atoms. The van der Waals surface area contributed by atoms with Gasteiger partial charge in [0, 0.05) is 13.1 Å². The Kier molecular flexibility index (Phi) is 7.38. The number of likely N-dealkylation sites (N-methyl/N-ethyl adjacent to an activating group) is 1. The van der Waals surface area contributed by atoms with Gasteiger partial charge in [0.05, 0.1) is 10.7 Å². The Hall–Kier alpha value is -1.39. The Morgan fingerprint density at radius 2 is 1.96 bits per heavy atom. The lowest BCUT2D eigenvalue weighted by molar-refractivity contribution is -0.146. The van der Waals surface area contributed by atoms with Gasteiger partial charge >= 0.3 is 5.97 Å². The van der Waals surface area contributed by atoms with Crippen LogP contribution in [0.15, 0.2) is 30.3 Å². The quantitative estimate of drug-likeness (QED) is 0.634. The number of rotatable bonds is 11. The van der Waals surface area contributed by atoms with Crippen LogP contribution in [0.2, 0.25) is 0 Å². The zero-order valence-electron chi connectivity index (χ0n) is 17.8. The Labute approximate surface area is 145 Å². The Morgan fingerprint density at radius 1 is 1.30 bits per heavy atom. The molecule has 1 rings (SSSR count). The van der Waals surface area contributed by atoms with Gasteiger partial charge in [-0.05, 0) is 31.0 Å². The van der Waals surface area contributed by atoms with E-state index in [2.05, 4.69) is 24.1 Å². The lowest BCUT2D eigenvalue weighted by atomic mass is 10.1. The molecule has 0 aliphatic heterocycles. The van der Waals surface area contributed by atoms with Gasteiger partial charge in [-0.25, -0.2) is 4.79 Å². The van der Waals surface area contributed by atoms with Crippen LogP contribution >= 0.6 is 0 Å². The lowest BCUT2D eigenvalue weighted by Crippen LogP contribution is -2.37. The normalized spacial score (nSPS) is 15.8. The van der Waals surface area contributed by atoms with E-state index in [0.717, 1.165) is 13.1 Å². The monoisotopic (exact) mass is 326 g/mol. The number of carbonyl (C=O) groups excluding carboxylic acids is 1. The van der Waals surface area contributed by atoms with E-state index in [1.807, 2.05) is 13.8 Å². The number of esters is 1. The van der Waals surface area contributed by atoms with Crippen molar-refractivity contribution in [2.45, 2.75) is 40.1 Å². The van der Waals surface area contributed by atoms with Crippen LogP contribution in [-0.4, -0.2) is 43.7 Å². The van der Waals surface area contributed by atoms with E-state index >= 15 is 0 Å². The molecule has 0 aliphatic carbocycles. The van der Waals surface area contributed by atoms with E-state index in [-0.39, 0.29) is 24.3 Å². The molecule has 0 aromatic heterocycles. The van der Waals surface area contributed by atoms with Crippen molar-refractivity contribution in [3.05, 3.63) is 35.8 Å². The Morgan fingerprint density at radius 3 is 2.52 bits per heavy atom. The topological polar surface area (TPSA) is 41.6 Å². The van der Waals surface area contributed by atoms with Crippen LogP contribution < -0.4 is 5.32 Å². The first kappa shape index (κ1) is 15.2. The number of ether oxygens (including phenoxy) is 1. The molecule has 1 aromatic rings. The average Bonchev–Trinajstić information content (AvgIpc) is 2.58. The molecule has 0 aliphatic rings. The number of carbonyl (C=O) groups is 1. The van der Waals surface area contributed by atoms with Crippen molar-refractivity contribution in [1.82, 2.24) is 10.2 Å². The van der Waals surface area contributed by atoms with Gasteiger partial charge in [-0.1, -0.05) is 58.0 Å². The largest absolute Gasteiger partial charge is 0.464 e. The van der Waals surface area contributed by atoms with E-state index in [0.29, 0.717) is 25.4 Å². The van der Waals surface area contributed by atoms with E-state index in [9.17, 15) is 4.79 Å². The van der Waals surface area contributed by atoms with Gasteiger partial charge in [0.25, 0.3) is 0 Å². The van der Waals surface area contributed by atoms with Crippen molar-refractivity contribution in [3.8, 4) is 0 Å². The van der Waals surface area contributed by atoms with Crippen molar-refractivity contribution in [2.75, 3.05) is 32.8 Å². The molecule has 130 valence electrons. The number of hydrogen-bond acceptors (Lipinski definition) is 4. The molecule has 4 heteroatoms. The molecule has 0 radical (unpaired) electrons. The molecular weight excluding hydrogens is 288 g/mol. The first-order valence-electron chi connectivity index (χ1n) is 9.97. The molecule has 1 atom stereocenters. The Bertz CT molecular complexity index is 560. The van der Waals surface area contributed by atoms with Gasteiger partial charge < -0.3 is 9.64 Å². The van der Waals surface area contributed by atoms with Crippen molar-refractivity contribution in [1.29, 1.82) is 0 Å². The standard InChI is InChI=1S/C19H32N2O2/c1-5-21(6-2)14-13-20-18(17-10-8-7-9-11-17)19(22)23-15-12-16(3)4/h7-11,16,18,20H,5-6,12-15H2,1-4H3/i10T,11T,18T. The number of nitrogens with one attached hydrogen (secondary N) is 1. The van der Waals surface area contributed by atoms with Gasteiger partial charge in [0.1, 0.15) is 6.02 Å². The number of hydrogen-bond donors (Lipinski definition) is 1. The predicted molar refractivity (Wildman–Crippen MR) is 95.4 cm³/mol. The summed E-state index contributed by atoms with van der Waals surface area (Å²) in [4.78, 5) is 14.9. The van der Waals surface area contributed by atoms with Gasteiger partial charge in [0.2, 0.25) is 0 Å². The van der Waals surface area contributed by atoms with Crippen LogP contribution in [-0.2, 0) is 9.53 Å². The summed E-state index contributed by atoms with van der Waals surface area (Å²) in [5.74, 6) is -0.375. The van der Waals surface area contributed by atoms with E-state index in [1.165, 1.54) is 12.1 Å². The molecule has 0 heterocycles. The summed E-state index contributed by atoms with van der Waals surface area (Å²) in [7, 11) is 0. The van der Waals surface area contributed by atoms with Gasteiger partial charge in [-0.2, -0.15) is 0 Å². The summed E-state index contributed by atoms with van der Waals surface area (Å²) in [6.45, 7) is 11.2. The smallest absolute Gasteiger partial charge is 0.327 e. The average molecular weight is 327 g/mol. The van der Waals surface area contributed by atoms with Crippen LogP contribution in [0.5, 0.6) is 0 Å². The fourth-order valence-electron chi connectivity index (χ4n) is 2.10. The maximum atomic E-state index is 12.7. The summed E-state index contributed by atoms with van der Waals surface area (Å²) in [6, 6.07) is 2.58. The highest BCUT2D eigenvalue weighted by Crippen LogP contribution is 2.15. The molecule has 0 spiro atoms. The van der Waals surface area contributed by atoms with Crippen LogP contribution in [0.4, 0.5) is 0 Å². The molecule has 4 nitrogen and oxygen atoms in total. The van der Waals surface area contributed by atoms with Crippen molar-refractivity contribution in [3.63, 3.8) is 0 Å². The molecule has 0 saturated carbocycles. The van der Waals surface area contributed by atoms with E-state index < -0.39 is 12.0 Å². The highest BCUT2D eigenvalue weighted by atomic mass is 16.5. The first-order valence-corrected chi connectivity index (χ1v) is 8.47. The second kappa shape index (κ2) is 11.2. The van der Waals surface area contributed by atoms with Crippen LogP contribution in [0.3, 0.4) is 0 Å². The SMILES string of the molecule is [3H]c1cccc([3H])c1C([3H])(NCCN(CC)CC)C(=O)OCCC(C)C. The van der Waals surface area contributed by atoms with Gasteiger partial charge in [-0.15, -0.1) is 0 Å². The van der Waals surface area contributed by atoms with E-state index in [4.69, 9.17) is 8.85 Å². The minimum Gasteiger partial charge on any atom is -0.464 e. The van der Waals surface area contributed by atoms with E-state index in [1.54, 1.807) is 6.07 Å². The van der Waals surface area contributed by atoms with Gasteiger partial charge in [0.15, 0.2) is 0 Å². The third kappa shape index (κ3) is 7.62. The second-order valence-corrected chi connectivity index (χ2v) is 5.84. The third-order valence-electron chi connectivity index (χ3n) is 3.65. The van der Waals surface area contributed by atoms with Gasteiger partial charge in [-0.3, -0.25) is 5.32 Å². The molecule has 0 amide bonds. The highest BCUT2D eigenvalue weighted by molar-refractivity contribution is 5.77. The van der Waals surface area contributed by atoms with Crippen molar-refractivity contribution >= 4 is 5.97 Å². The first-order chi connectivity index (χ1) is 12.3. The lowest BCUT2D eigenvalue weighted by Gasteiger charge is -2.22. The summed E-state index contributed by atoms with van der Waals surface area (Å²) in [5, 5.41) is 2.94. The van der Waals surface area contributed by atoms with Crippen molar-refractivity contribution < 1.29 is 13.6 Å².